The zero-order chi connectivity index (χ0) is 45.6. The molecule has 2 bridgehead atoms. The minimum atomic E-state index is -1.86. The van der Waals surface area contributed by atoms with Gasteiger partial charge in [-0.2, -0.15) is 0 Å². The van der Waals surface area contributed by atoms with Crippen molar-refractivity contribution in [1.29, 1.82) is 0 Å². The molecular formula is C42H55BClF2N5O11. The summed E-state index contributed by atoms with van der Waals surface area (Å²) in [4.78, 5) is 70.5. The van der Waals surface area contributed by atoms with E-state index in [0.29, 0.717) is 23.7 Å². The van der Waals surface area contributed by atoms with Crippen LogP contribution in [0.5, 0.6) is 17.2 Å². The summed E-state index contributed by atoms with van der Waals surface area (Å²) in [6.07, 6.45) is 1.47. The number of esters is 1. The van der Waals surface area contributed by atoms with Gasteiger partial charge in [0.25, 0.3) is 0 Å². The van der Waals surface area contributed by atoms with Gasteiger partial charge in [-0.25, -0.2) is 18.4 Å². The van der Waals surface area contributed by atoms with E-state index in [1.165, 1.54) is 32.3 Å². The second-order valence-electron chi connectivity index (χ2n) is 17.9. The molecule has 2 saturated heterocycles. The van der Waals surface area contributed by atoms with Crippen molar-refractivity contribution in [3.63, 3.8) is 0 Å². The largest absolute Gasteiger partial charge is 0.495 e. The molecule has 5 fully saturated rings. The van der Waals surface area contributed by atoms with Gasteiger partial charge in [-0.1, -0.05) is 31.5 Å². The number of amides is 5. The van der Waals surface area contributed by atoms with Crippen LogP contribution in [0.4, 0.5) is 13.6 Å². The third-order valence-electron chi connectivity index (χ3n) is 12.7. The van der Waals surface area contributed by atoms with Gasteiger partial charge in [0.1, 0.15) is 28.8 Å². The first kappa shape index (κ1) is 46.8. The predicted octanol–water partition coefficient (Wildman–Crippen LogP) is 4.36. The van der Waals surface area contributed by atoms with Crippen LogP contribution in [0, 0.1) is 28.9 Å². The molecule has 0 spiro atoms. The van der Waals surface area contributed by atoms with Crippen LogP contribution >= 0.6 is 11.6 Å². The van der Waals surface area contributed by atoms with Crippen LogP contribution < -0.4 is 30.6 Å². The Balaban J connectivity index is 1.40. The van der Waals surface area contributed by atoms with Gasteiger partial charge < -0.3 is 49.5 Å². The van der Waals surface area contributed by atoms with Gasteiger partial charge in [-0.05, 0) is 94.9 Å². The van der Waals surface area contributed by atoms with Crippen molar-refractivity contribution in [3.05, 3.63) is 51.5 Å². The first-order valence-electron chi connectivity index (χ1n) is 20.5. The fourth-order valence-corrected chi connectivity index (χ4v) is 9.67. The Hall–Kier alpha value is -4.72. The number of nitrogens with one attached hydrogen (secondary N) is 2. The Morgan fingerprint density at radius 2 is 1.66 bits per heavy atom. The molecule has 2 heterocycles. The molecule has 2 aromatic carbocycles. The summed E-state index contributed by atoms with van der Waals surface area (Å²) in [5.41, 5.74) is 3.27. The molecule has 2 aromatic rings. The monoisotopic (exact) mass is 889 g/mol. The first-order valence-corrected chi connectivity index (χ1v) is 20.9. The molecule has 3 aliphatic carbocycles. The summed E-state index contributed by atoms with van der Waals surface area (Å²) in [6, 6.07) is 0.337. The Kier molecular flexibility index (Phi) is 13.4. The topological polar surface area (TPSA) is 197 Å². The summed E-state index contributed by atoms with van der Waals surface area (Å²) >= 11 is 6.78. The minimum Gasteiger partial charge on any atom is -0.495 e. The number of piperazine rings is 1. The van der Waals surface area contributed by atoms with E-state index < -0.39 is 77.2 Å². The van der Waals surface area contributed by atoms with Gasteiger partial charge in [0.05, 0.1) is 44.0 Å². The lowest BCUT2D eigenvalue weighted by atomic mass is 9.43. The lowest BCUT2D eigenvalue weighted by Gasteiger charge is -2.64. The lowest BCUT2D eigenvalue weighted by molar-refractivity contribution is -0.199. The molecule has 0 aromatic heterocycles. The summed E-state index contributed by atoms with van der Waals surface area (Å²) in [5, 5.41) is 5.07. The highest BCUT2D eigenvalue weighted by molar-refractivity contribution is 6.48. The van der Waals surface area contributed by atoms with E-state index in [2.05, 4.69) is 24.5 Å². The number of methoxy groups -OCH3 is 3. The van der Waals surface area contributed by atoms with Gasteiger partial charge in [-0.3, -0.25) is 19.3 Å². The molecule has 20 heteroatoms. The van der Waals surface area contributed by atoms with Gasteiger partial charge in [-0.15, -0.1) is 0 Å². The minimum absolute atomic E-state index is 0.00239. The number of halogens is 3. The van der Waals surface area contributed by atoms with Crippen LogP contribution in [-0.4, -0.2) is 117 Å². The first-order chi connectivity index (χ1) is 29.1. The maximum absolute atomic E-state index is 15.7. The Bertz CT molecular complexity index is 2120. The highest BCUT2D eigenvalue weighted by atomic mass is 35.5. The number of hydrogen-bond donors (Lipinski definition) is 3. The number of benzene rings is 2. The van der Waals surface area contributed by atoms with E-state index in [4.69, 9.17) is 45.6 Å². The number of ether oxygens (including phenoxy) is 4. The van der Waals surface area contributed by atoms with Crippen LogP contribution in [0.25, 0.3) is 0 Å². The number of carbonyl (C=O) groups is 5. The maximum Gasteiger partial charge on any atom is 0.482 e. The molecule has 3 saturated carbocycles. The SMILES string of the molecule is COc1c(F)cc(C(NC(=O)N2CCN(CCCN)C(=O)C2=O)C(=O)NC(Cc2ccc(F)c(C(=O)OC(C)(C)C)c2OC)B2O[C@@H]3C[C@@H]4C[C@@H](C4(C)C)[C@]3(C)O2)c(Cl)c1OC. The second kappa shape index (κ2) is 17.8. The molecule has 0 radical (unpaired) electrons. The van der Waals surface area contributed by atoms with Crippen LogP contribution in [0.3, 0.4) is 0 Å². The van der Waals surface area contributed by atoms with E-state index in [1.54, 1.807) is 20.8 Å². The number of carbonyl (C=O) groups excluding carboxylic acids is 5. The molecule has 6 atom stereocenters. The molecule has 62 heavy (non-hydrogen) atoms. The number of hydrogen-bond acceptors (Lipinski definition) is 12. The van der Waals surface area contributed by atoms with Crippen molar-refractivity contribution in [3.8, 4) is 17.2 Å². The van der Waals surface area contributed by atoms with Crippen LogP contribution in [0.2, 0.25) is 5.02 Å². The van der Waals surface area contributed by atoms with Crippen molar-refractivity contribution in [2.75, 3.05) is 47.5 Å². The molecule has 5 amide bonds. The number of imide groups is 1. The maximum atomic E-state index is 15.7. The third-order valence-corrected chi connectivity index (χ3v) is 13.0. The normalized spacial score (nSPS) is 23.8. The Morgan fingerprint density at radius 3 is 2.27 bits per heavy atom. The lowest BCUT2D eigenvalue weighted by Crippen LogP contribution is -2.65. The number of urea groups is 1. The van der Waals surface area contributed by atoms with Crippen molar-refractivity contribution in [2.24, 2.45) is 23.0 Å². The van der Waals surface area contributed by atoms with Crippen molar-refractivity contribution < 1.29 is 61.0 Å². The van der Waals surface area contributed by atoms with E-state index in [9.17, 15) is 24.0 Å². The molecule has 7 rings (SSSR count). The van der Waals surface area contributed by atoms with Crippen LogP contribution in [0.15, 0.2) is 18.2 Å². The zero-order valence-corrected chi connectivity index (χ0v) is 37.2. The third kappa shape index (κ3) is 8.64. The van der Waals surface area contributed by atoms with Crippen LogP contribution in [0.1, 0.15) is 88.3 Å². The van der Waals surface area contributed by atoms with E-state index >= 15 is 8.78 Å². The molecule has 2 unspecified atom stereocenters. The summed E-state index contributed by atoms with van der Waals surface area (Å²) < 4.78 is 66.3. The molecule has 5 aliphatic rings. The molecule has 2 aliphatic heterocycles. The van der Waals surface area contributed by atoms with Gasteiger partial charge >= 0.3 is 30.9 Å². The zero-order valence-electron chi connectivity index (χ0n) is 36.4. The summed E-state index contributed by atoms with van der Waals surface area (Å²) in [7, 11) is 2.49. The van der Waals surface area contributed by atoms with Crippen molar-refractivity contribution in [2.45, 2.75) is 96.5 Å². The fraction of sp³-hybridized carbons (Fsp3) is 0.595. The average molecular weight is 890 g/mol. The smallest absolute Gasteiger partial charge is 0.482 e. The predicted molar refractivity (Wildman–Crippen MR) is 222 cm³/mol. The second-order valence-corrected chi connectivity index (χ2v) is 18.3. The number of nitrogens with zero attached hydrogens (tertiary/aromatic N) is 2. The van der Waals surface area contributed by atoms with Crippen molar-refractivity contribution >= 4 is 48.4 Å². The fourth-order valence-electron chi connectivity index (χ4n) is 9.34. The molecule has 16 nitrogen and oxygen atoms in total. The van der Waals surface area contributed by atoms with E-state index in [1.807, 2.05) is 6.92 Å². The highest BCUT2D eigenvalue weighted by Gasteiger charge is 2.68. The van der Waals surface area contributed by atoms with Gasteiger partial charge in [0.2, 0.25) is 5.91 Å². The number of rotatable bonds is 14. The van der Waals surface area contributed by atoms with E-state index in [-0.39, 0.29) is 83.4 Å². The Morgan fingerprint density at radius 1 is 0.984 bits per heavy atom. The van der Waals surface area contributed by atoms with Crippen molar-refractivity contribution in [1.82, 2.24) is 20.4 Å². The number of nitrogens with two attached hydrogens (primary N) is 1. The van der Waals surface area contributed by atoms with Gasteiger partial charge in [0, 0.05) is 25.2 Å². The molecule has 4 N–H and O–H groups in total. The average Bonchev–Trinajstić information content (AvgIpc) is 3.57. The summed E-state index contributed by atoms with van der Waals surface area (Å²) in [6.45, 7) is 11.5. The highest BCUT2D eigenvalue weighted by Crippen LogP contribution is 2.65. The quantitative estimate of drug-likeness (QED) is 0.138. The standard InChI is InChI=1S/C42H55BClF2N5O11/c1-40(2,3)60-38(55)29-24(45)12-11-21(32(29)57-7)17-28(43-61-27-19-22-18-26(41(22,4)5)42(27,6)62-43)48-35(52)31(23-20-25(46)33(58-8)34(59-9)30(23)44)49-39(56)51-16-15-50(14-10-13-47)36(53)37(51)54/h11-12,20,22,26-28,31H,10,13-19,47H2,1-9H3,(H,48,52)(H,49,56)/t22-,26-,27+,28?,31?,42-/m0/s1. The Labute approximate surface area is 364 Å². The molecular weight excluding hydrogens is 835 g/mol. The molecule has 338 valence electrons. The van der Waals surface area contributed by atoms with Gasteiger partial charge in [0.15, 0.2) is 17.3 Å². The van der Waals surface area contributed by atoms with E-state index in [0.717, 1.165) is 18.6 Å². The summed E-state index contributed by atoms with van der Waals surface area (Å²) in [5.74, 6) is -7.48. The van der Waals surface area contributed by atoms with Crippen LogP contribution in [-0.2, 0) is 34.9 Å².